The molecule has 5 nitrogen and oxygen atoms in total. The third-order valence-electron chi connectivity index (χ3n) is 2.77. The molecule has 1 heterocycles. The van der Waals surface area contributed by atoms with E-state index in [0.29, 0.717) is 12.0 Å². The lowest BCUT2D eigenvalue weighted by molar-refractivity contribution is -0.0235. The van der Waals surface area contributed by atoms with Gasteiger partial charge in [0.25, 0.3) is 0 Å². The van der Waals surface area contributed by atoms with Crippen LogP contribution in [0.25, 0.3) is 0 Å². The van der Waals surface area contributed by atoms with Crippen LogP contribution in [0.2, 0.25) is 0 Å². The van der Waals surface area contributed by atoms with Crippen molar-refractivity contribution in [2.75, 3.05) is 24.3 Å². The molecule has 0 radical (unpaired) electrons. The average Bonchev–Trinajstić information content (AvgIpc) is 2.15. The summed E-state index contributed by atoms with van der Waals surface area (Å²) in [6.45, 7) is 1.86. The van der Waals surface area contributed by atoms with Gasteiger partial charge in [-0.05, 0) is 25.8 Å². The van der Waals surface area contributed by atoms with Gasteiger partial charge in [0.1, 0.15) is 5.82 Å². The number of hydrogen-bond donors (Lipinski definition) is 2. The standard InChI is InChI=1S/C11H18N4O/c1-11(16)6-8(7-11)13-9-4-5-12-10(14-9)15(2)3/h4-5,8,16H,6-7H2,1-3H3,(H,12,13,14). The summed E-state index contributed by atoms with van der Waals surface area (Å²) >= 11 is 0. The van der Waals surface area contributed by atoms with Crippen molar-refractivity contribution < 1.29 is 5.11 Å². The van der Waals surface area contributed by atoms with Crippen LogP contribution in [0.3, 0.4) is 0 Å². The fraction of sp³-hybridized carbons (Fsp3) is 0.636. The summed E-state index contributed by atoms with van der Waals surface area (Å²) in [5.74, 6) is 1.51. The summed E-state index contributed by atoms with van der Waals surface area (Å²) in [5, 5.41) is 12.9. The highest BCUT2D eigenvalue weighted by atomic mass is 16.3. The average molecular weight is 222 g/mol. The van der Waals surface area contributed by atoms with E-state index in [1.165, 1.54) is 0 Å². The number of nitrogens with one attached hydrogen (secondary N) is 1. The second kappa shape index (κ2) is 3.90. The highest BCUT2D eigenvalue weighted by molar-refractivity contribution is 5.41. The molecule has 1 aromatic heterocycles. The quantitative estimate of drug-likeness (QED) is 0.794. The number of nitrogens with zero attached hydrogens (tertiary/aromatic N) is 3. The third kappa shape index (κ3) is 2.41. The van der Waals surface area contributed by atoms with Crippen LogP contribution in [-0.4, -0.2) is 40.8 Å². The first kappa shape index (κ1) is 11.1. The van der Waals surface area contributed by atoms with Crippen molar-refractivity contribution in [2.45, 2.75) is 31.4 Å². The molecule has 0 bridgehead atoms. The van der Waals surface area contributed by atoms with Gasteiger partial charge in [-0.1, -0.05) is 0 Å². The van der Waals surface area contributed by atoms with Crippen LogP contribution in [0.5, 0.6) is 0 Å². The first-order chi connectivity index (χ1) is 7.46. The van der Waals surface area contributed by atoms with Gasteiger partial charge in [0.15, 0.2) is 0 Å². The summed E-state index contributed by atoms with van der Waals surface area (Å²) in [6.07, 6.45) is 3.28. The van der Waals surface area contributed by atoms with Crippen LogP contribution in [0, 0.1) is 0 Å². The molecule has 2 N–H and O–H groups in total. The van der Waals surface area contributed by atoms with Gasteiger partial charge in [-0.3, -0.25) is 0 Å². The molecule has 1 aliphatic rings. The van der Waals surface area contributed by atoms with Gasteiger partial charge in [-0.25, -0.2) is 4.98 Å². The Hall–Kier alpha value is -1.36. The Balaban J connectivity index is 1.98. The van der Waals surface area contributed by atoms with Crippen molar-refractivity contribution in [2.24, 2.45) is 0 Å². The molecule has 1 aliphatic carbocycles. The number of aliphatic hydroxyl groups is 1. The van der Waals surface area contributed by atoms with Gasteiger partial charge < -0.3 is 15.3 Å². The lowest BCUT2D eigenvalue weighted by Crippen LogP contribution is -2.48. The number of rotatable bonds is 3. The van der Waals surface area contributed by atoms with Crippen molar-refractivity contribution in [1.82, 2.24) is 9.97 Å². The van der Waals surface area contributed by atoms with Gasteiger partial charge in [-0.15, -0.1) is 0 Å². The van der Waals surface area contributed by atoms with E-state index in [1.54, 1.807) is 6.20 Å². The second-order valence-electron chi connectivity index (χ2n) is 4.88. The van der Waals surface area contributed by atoms with Gasteiger partial charge in [0.05, 0.1) is 5.60 Å². The molecule has 0 aliphatic heterocycles. The summed E-state index contributed by atoms with van der Waals surface area (Å²) in [5.41, 5.74) is -0.505. The molecule has 1 aromatic rings. The topological polar surface area (TPSA) is 61.3 Å². The van der Waals surface area contributed by atoms with Crippen molar-refractivity contribution in [3.05, 3.63) is 12.3 Å². The highest BCUT2D eigenvalue weighted by Gasteiger charge is 2.38. The smallest absolute Gasteiger partial charge is 0.226 e. The predicted octanol–water partition coefficient (Wildman–Crippen LogP) is 0.868. The Bertz CT molecular complexity index is 370. The van der Waals surface area contributed by atoms with Crippen LogP contribution in [0.1, 0.15) is 19.8 Å². The van der Waals surface area contributed by atoms with Crippen LogP contribution in [0.15, 0.2) is 12.3 Å². The summed E-state index contributed by atoms with van der Waals surface area (Å²) in [4.78, 5) is 10.4. The first-order valence-corrected chi connectivity index (χ1v) is 5.45. The van der Waals surface area contributed by atoms with E-state index < -0.39 is 5.60 Å². The molecule has 2 rings (SSSR count). The molecule has 0 saturated heterocycles. The van der Waals surface area contributed by atoms with Crippen molar-refractivity contribution in [1.29, 1.82) is 0 Å². The zero-order valence-electron chi connectivity index (χ0n) is 9.94. The molecule has 16 heavy (non-hydrogen) atoms. The van der Waals surface area contributed by atoms with Crippen LogP contribution < -0.4 is 10.2 Å². The van der Waals surface area contributed by atoms with E-state index in [2.05, 4.69) is 15.3 Å². The third-order valence-corrected chi connectivity index (χ3v) is 2.77. The summed E-state index contributed by atoms with van der Waals surface area (Å²) in [7, 11) is 3.82. The Kier molecular flexibility index (Phi) is 2.71. The fourth-order valence-electron chi connectivity index (χ4n) is 1.96. The lowest BCUT2D eigenvalue weighted by Gasteiger charge is -2.41. The molecular weight excluding hydrogens is 204 g/mol. The van der Waals surface area contributed by atoms with Crippen molar-refractivity contribution in [3.63, 3.8) is 0 Å². The monoisotopic (exact) mass is 222 g/mol. The Labute approximate surface area is 95.5 Å². The minimum atomic E-state index is -0.505. The molecule has 0 atom stereocenters. The number of hydrogen-bond acceptors (Lipinski definition) is 5. The lowest BCUT2D eigenvalue weighted by atomic mass is 9.77. The molecular formula is C11H18N4O. The van der Waals surface area contributed by atoms with E-state index in [1.807, 2.05) is 32.0 Å². The van der Waals surface area contributed by atoms with Crippen LogP contribution in [0.4, 0.5) is 11.8 Å². The van der Waals surface area contributed by atoms with Crippen molar-refractivity contribution >= 4 is 11.8 Å². The number of anilines is 2. The predicted molar refractivity (Wildman–Crippen MR) is 63.6 cm³/mol. The maximum absolute atomic E-state index is 9.62. The van der Waals surface area contributed by atoms with Crippen molar-refractivity contribution in [3.8, 4) is 0 Å². The molecule has 1 fully saturated rings. The minimum Gasteiger partial charge on any atom is -0.390 e. The Morgan fingerprint density at radius 2 is 2.19 bits per heavy atom. The van der Waals surface area contributed by atoms with Gasteiger partial charge in [0, 0.05) is 26.3 Å². The van der Waals surface area contributed by atoms with Crippen LogP contribution >= 0.6 is 0 Å². The first-order valence-electron chi connectivity index (χ1n) is 5.45. The van der Waals surface area contributed by atoms with E-state index in [4.69, 9.17) is 0 Å². The second-order valence-corrected chi connectivity index (χ2v) is 4.88. The van der Waals surface area contributed by atoms with E-state index in [9.17, 15) is 5.11 Å². The Morgan fingerprint density at radius 3 is 2.75 bits per heavy atom. The van der Waals surface area contributed by atoms with E-state index in [0.717, 1.165) is 18.7 Å². The molecule has 0 amide bonds. The Morgan fingerprint density at radius 1 is 1.50 bits per heavy atom. The van der Waals surface area contributed by atoms with Gasteiger partial charge >= 0.3 is 0 Å². The minimum absolute atomic E-state index is 0.319. The van der Waals surface area contributed by atoms with Crippen LogP contribution in [-0.2, 0) is 0 Å². The van der Waals surface area contributed by atoms with E-state index in [-0.39, 0.29) is 0 Å². The summed E-state index contributed by atoms with van der Waals surface area (Å²) in [6, 6.07) is 2.17. The molecule has 88 valence electrons. The largest absolute Gasteiger partial charge is 0.390 e. The molecule has 0 spiro atoms. The van der Waals surface area contributed by atoms with Gasteiger partial charge in [0.2, 0.25) is 5.95 Å². The zero-order valence-corrected chi connectivity index (χ0v) is 9.94. The highest BCUT2D eigenvalue weighted by Crippen LogP contribution is 2.33. The van der Waals surface area contributed by atoms with E-state index >= 15 is 0 Å². The number of aromatic nitrogens is 2. The fourth-order valence-corrected chi connectivity index (χ4v) is 1.96. The maximum atomic E-state index is 9.62. The van der Waals surface area contributed by atoms with Gasteiger partial charge in [-0.2, -0.15) is 4.98 Å². The zero-order chi connectivity index (χ0) is 11.8. The molecule has 0 unspecified atom stereocenters. The molecule has 5 heteroatoms. The summed E-state index contributed by atoms with van der Waals surface area (Å²) < 4.78 is 0. The SMILES string of the molecule is CN(C)c1nccc(NC2CC(C)(O)C2)n1. The molecule has 0 aromatic carbocycles. The maximum Gasteiger partial charge on any atom is 0.226 e. The normalized spacial score (nSPS) is 28.4. The molecule has 1 saturated carbocycles.